The predicted molar refractivity (Wildman–Crippen MR) is 117 cm³/mol. The van der Waals surface area contributed by atoms with Gasteiger partial charge in [-0.2, -0.15) is 10.2 Å². The van der Waals surface area contributed by atoms with E-state index >= 15 is 0 Å². The summed E-state index contributed by atoms with van der Waals surface area (Å²) in [6, 6.07) is 12.4. The third-order valence-electron chi connectivity index (χ3n) is 5.13. The number of ether oxygens (including phenoxy) is 1. The van der Waals surface area contributed by atoms with Gasteiger partial charge in [0, 0.05) is 12.4 Å². The fraction of sp³-hybridized carbons (Fsp3) is 0.217. The van der Waals surface area contributed by atoms with Crippen molar-refractivity contribution in [3.05, 3.63) is 88.9 Å². The van der Waals surface area contributed by atoms with Crippen molar-refractivity contribution in [1.29, 1.82) is 0 Å². The molecule has 1 N–H and O–H groups in total. The summed E-state index contributed by atoms with van der Waals surface area (Å²) in [4.78, 5) is 24.8. The Morgan fingerprint density at radius 3 is 2.66 bits per heavy atom. The third-order valence-corrected chi connectivity index (χ3v) is 5.13. The maximum atomic E-state index is 12.8. The molecule has 0 aliphatic heterocycles. The van der Waals surface area contributed by atoms with E-state index < -0.39 is 5.97 Å². The van der Waals surface area contributed by atoms with Gasteiger partial charge in [-0.15, -0.1) is 0 Å². The number of carbonyl (C=O) groups is 2. The molecule has 0 aliphatic carbocycles. The van der Waals surface area contributed by atoms with E-state index in [1.54, 1.807) is 39.8 Å². The van der Waals surface area contributed by atoms with Crippen molar-refractivity contribution >= 4 is 17.6 Å². The van der Waals surface area contributed by atoms with E-state index in [9.17, 15) is 9.59 Å². The zero-order valence-corrected chi connectivity index (χ0v) is 18.0. The first-order valence-corrected chi connectivity index (χ1v) is 10.0. The van der Waals surface area contributed by atoms with Gasteiger partial charge in [0.05, 0.1) is 42.8 Å². The van der Waals surface area contributed by atoms with E-state index in [4.69, 9.17) is 9.15 Å². The third kappa shape index (κ3) is 4.31. The second-order valence-electron chi connectivity index (χ2n) is 7.28. The quantitative estimate of drug-likeness (QED) is 0.448. The number of methoxy groups -OCH3 is 1. The van der Waals surface area contributed by atoms with Gasteiger partial charge < -0.3 is 14.5 Å². The van der Waals surface area contributed by atoms with E-state index in [1.165, 1.54) is 7.11 Å². The molecule has 0 atom stereocenters. The number of esters is 1. The Morgan fingerprint density at radius 1 is 1.09 bits per heavy atom. The number of amides is 1. The Balaban J connectivity index is 1.51. The largest absolute Gasteiger partial charge is 0.465 e. The average Bonchev–Trinajstić information content (AvgIpc) is 3.53. The molecule has 32 heavy (non-hydrogen) atoms. The molecule has 1 aromatic carbocycles. The minimum Gasteiger partial charge on any atom is -0.465 e. The van der Waals surface area contributed by atoms with Crippen molar-refractivity contribution in [2.24, 2.45) is 0 Å². The SMILES string of the molecule is COC(=O)c1ccccc1Cn1nc(C)c(NC(=O)c2ccc(Cn3cccn3)o2)c1C. The smallest absolute Gasteiger partial charge is 0.338 e. The van der Waals surface area contributed by atoms with Crippen LogP contribution in [0.3, 0.4) is 0 Å². The summed E-state index contributed by atoms with van der Waals surface area (Å²) in [7, 11) is 1.35. The molecule has 0 bridgehead atoms. The van der Waals surface area contributed by atoms with Crippen LogP contribution in [0.4, 0.5) is 5.69 Å². The minimum atomic E-state index is -0.403. The molecular formula is C23H23N5O4. The van der Waals surface area contributed by atoms with E-state index in [0.717, 1.165) is 11.3 Å². The first-order chi connectivity index (χ1) is 15.5. The number of anilines is 1. The Morgan fingerprint density at radius 2 is 1.91 bits per heavy atom. The van der Waals surface area contributed by atoms with Crippen molar-refractivity contribution in [2.75, 3.05) is 12.4 Å². The van der Waals surface area contributed by atoms with Gasteiger partial charge in [-0.05, 0) is 43.7 Å². The monoisotopic (exact) mass is 433 g/mol. The number of furan rings is 1. The van der Waals surface area contributed by atoms with Crippen molar-refractivity contribution in [3.8, 4) is 0 Å². The lowest BCUT2D eigenvalue weighted by molar-refractivity contribution is 0.0599. The van der Waals surface area contributed by atoms with Crippen molar-refractivity contribution in [1.82, 2.24) is 19.6 Å². The highest BCUT2D eigenvalue weighted by Crippen LogP contribution is 2.23. The molecule has 0 spiro atoms. The number of nitrogens with zero attached hydrogens (tertiary/aromatic N) is 4. The molecule has 9 nitrogen and oxygen atoms in total. The van der Waals surface area contributed by atoms with Gasteiger partial charge in [-0.1, -0.05) is 18.2 Å². The Kier molecular flexibility index (Phi) is 5.89. The van der Waals surface area contributed by atoms with Crippen LogP contribution < -0.4 is 5.32 Å². The molecule has 4 aromatic rings. The summed E-state index contributed by atoms with van der Waals surface area (Å²) in [6.07, 6.45) is 3.51. The van der Waals surface area contributed by atoms with E-state index in [1.807, 2.05) is 38.2 Å². The van der Waals surface area contributed by atoms with Crippen LogP contribution in [0.25, 0.3) is 0 Å². The van der Waals surface area contributed by atoms with Crippen LogP contribution in [0.1, 0.15) is 43.6 Å². The van der Waals surface area contributed by atoms with Crippen molar-refractivity contribution < 1.29 is 18.7 Å². The fourth-order valence-corrected chi connectivity index (χ4v) is 3.47. The molecule has 0 radical (unpaired) electrons. The maximum absolute atomic E-state index is 12.8. The summed E-state index contributed by atoms with van der Waals surface area (Å²) < 4.78 is 14.0. The molecule has 4 rings (SSSR count). The molecule has 3 aromatic heterocycles. The zero-order valence-electron chi connectivity index (χ0n) is 18.0. The standard InChI is InChI=1S/C23H23N5O4/c1-15-21(25-22(29)20-10-9-18(32-20)14-27-12-6-11-24-27)16(2)28(26-15)13-17-7-4-5-8-19(17)23(30)31-3/h4-12H,13-14H2,1-3H3,(H,25,29). The molecule has 3 heterocycles. The number of hydrogen-bond acceptors (Lipinski definition) is 6. The van der Waals surface area contributed by atoms with E-state index in [2.05, 4.69) is 15.5 Å². The highest BCUT2D eigenvalue weighted by Gasteiger charge is 2.19. The van der Waals surface area contributed by atoms with Gasteiger partial charge in [0.2, 0.25) is 0 Å². The number of benzene rings is 1. The van der Waals surface area contributed by atoms with Crippen LogP contribution >= 0.6 is 0 Å². The number of aryl methyl sites for hydroxylation is 1. The summed E-state index contributed by atoms with van der Waals surface area (Å²) >= 11 is 0. The highest BCUT2D eigenvalue weighted by molar-refractivity contribution is 6.03. The Labute approximate surface area is 184 Å². The average molecular weight is 433 g/mol. The molecule has 9 heteroatoms. The summed E-state index contributed by atoms with van der Waals surface area (Å²) in [6.45, 7) is 4.48. The van der Waals surface area contributed by atoms with Crippen molar-refractivity contribution in [2.45, 2.75) is 26.9 Å². The molecule has 0 saturated carbocycles. The van der Waals surface area contributed by atoms with Crippen molar-refractivity contribution in [3.63, 3.8) is 0 Å². The molecule has 1 amide bonds. The fourth-order valence-electron chi connectivity index (χ4n) is 3.47. The minimum absolute atomic E-state index is 0.203. The number of carbonyl (C=O) groups excluding carboxylic acids is 2. The van der Waals surface area contributed by atoms with E-state index in [-0.39, 0.29) is 11.7 Å². The molecule has 0 unspecified atom stereocenters. The van der Waals surface area contributed by atoms with Gasteiger partial charge in [0.15, 0.2) is 5.76 Å². The van der Waals surface area contributed by atoms with Crippen LogP contribution in [0.2, 0.25) is 0 Å². The molecule has 164 valence electrons. The molecule has 0 saturated heterocycles. The maximum Gasteiger partial charge on any atom is 0.338 e. The van der Waals surface area contributed by atoms with Gasteiger partial charge in [0.1, 0.15) is 5.76 Å². The lowest BCUT2D eigenvalue weighted by Gasteiger charge is -2.10. The first kappa shape index (κ1) is 21.1. The lowest BCUT2D eigenvalue weighted by Crippen LogP contribution is -2.13. The number of rotatable bonds is 7. The zero-order chi connectivity index (χ0) is 22.7. The lowest BCUT2D eigenvalue weighted by atomic mass is 10.1. The topological polar surface area (TPSA) is 104 Å². The Hall–Kier alpha value is -4.14. The van der Waals surface area contributed by atoms with Gasteiger partial charge in [-0.25, -0.2) is 4.79 Å². The van der Waals surface area contributed by atoms with E-state index in [0.29, 0.717) is 35.8 Å². The van der Waals surface area contributed by atoms with Crippen LogP contribution in [-0.2, 0) is 17.8 Å². The van der Waals surface area contributed by atoms with Gasteiger partial charge in [-0.3, -0.25) is 14.2 Å². The second-order valence-corrected chi connectivity index (χ2v) is 7.28. The predicted octanol–water partition coefficient (Wildman–Crippen LogP) is 3.42. The molecule has 0 aliphatic rings. The normalized spacial score (nSPS) is 10.8. The first-order valence-electron chi connectivity index (χ1n) is 10.0. The number of aromatic nitrogens is 4. The summed E-state index contributed by atoms with van der Waals surface area (Å²) in [5.74, 6) is 0.0639. The summed E-state index contributed by atoms with van der Waals surface area (Å²) in [5.41, 5.74) is 3.29. The van der Waals surface area contributed by atoms with Gasteiger partial charge >= 0.3 is 5.97 Å². The summed E-state index contributed by atoms with van der Waals surface area (Å²) in [5, 5.41) is 11.6. The van der Waals surface area contributed by atoms with Gasteiger partial charge in [0.25, 0.3) is 5.91 Å². The second kappa shape index (κ2) is 8.93. The van der Waals surface area contributed by atoms with Crippen LogP contribution in [0.15, 0.2) is 59.3 Å². The molecular weight excluding hydrogens is 410 g/mol. The Bertz CT molecular complexity index is 1250. The van der Waals surface area contributed by atoms with Crippen LogP contribution in [-0.4, -0.2) is 38.5 Å². The number of hydrogen-bond donors (Lipinski definition) is 1. The van der Waals surface area contributed by atoms with Crippen LogP contribution in [0.5, 0.6) is 0 Å². The highest BCUT2D eigenvalue weighted by atomic mass is 16.5. The molecule has 0 fully saturated rings. The number of nitrogens with one attached hydrogen (secondary N) is 1. The van der Waals surface area contributed by atoms with Crippen LogP contribution in [0, 0.1) is 13.8 Å².